The van der Waals surface area contributed by atoms with Crippen LogP contribution in [0.15, 0.2) is 28.6 Å². The third kappa shape index (κ3) is 5.58. The van der Waals surface area contributed by atoms with Crippen molar-refractivity contribution in [2.75, 3.05) is 14.1 Å². The molecule has 39 heavy (non-hydrogen) atoms. The van der Waals surface area contributed by atoms with Gasteiger partial charge >= 0.3 is 0 Å². The minimum absolute atomic E-state index is 0. The second kappa shape index (κ2) is 11.3. The number of hydrogen-bond donors (Lipinski definition) is 2. The molecule has 0 spiro atoms. The Labute approximate surface area is 239 Å². The first kappa shape index (κ1) is 29.1. The van der Waals surface area contributed by atoms with Gasteiger partial charge in [-0.1, -0.05) is 0 Å². The lowest BCUT2D eigenvalue weighted by Gasteiger charge is -2.39. The van der Waals surface area contributed by atoms with Crippen molar-refractivity contribution in [1.82, 2.24) is 20.2 Å². The lowest BCUT2D eigenvalue weighted by molar-refractivity contribution is -0.123. The number of ether oxygens (including phenoxy) is 2. The van der Waals surface area contributed by atoms with Gasteiger partial charge in [0.15, 0.2) is 11.5 Å². The molecule has 1 aliphatic heterocycles. The van der Waals surface area contributed by atoms with E-state index in [0.29, 0.717) is 28.7 Å². The molecule has 1 saturated carbocycles. The number of benzene rings is 1. The van der Waals surface area contributed by atoms with Crippen LogP contribution in [0.3, 0.4) is 0 Å². The van der Waals surface area contributed by atoms with Crippen molar-refractivity contribution in [2.45, 2.75) is 71.8 Å². The second-order valence-electron chi connectivity index (χ2n) is 10.9. The molecular formula is C29H37ClN4O4S. The van der Waals surface area contributed by atoms with Crippen molar-refractivity contribution in [3.63, 3.8) is 0 Å². The van der Waals surface area contributed by atoms with E-state index in [2.05, 4.69) is 34.3 Å². The maximum atomic E-state index is 13.5. The molecule has 2 N–H and O–H groups in total. The number of H-pyrrole nitrogens is 1. The predicted octanol–water partition coefficient (Wildman–Crippen LogP) is 5.38. The molecule has 8 nitrogen and oxygen atoms in total. The van der Waals surface area contributed by atoms with Crippen molar-refractivity contribution >= 4 is 29.7 Å². The van der Waals surface area contributed by atoms with E-state index >= 15 is 0 Å². The monoisotopic (exact) mass is 572 g/mol. The highest BCUT2D eigenvalue weighted by Gasteiger charge is 2.47. The molecule has 0 saturated heterocycles. The third-order valence-corrected chi connectivity index (χ3v) is 8.93. The normalized spacial score (nSPS) is 22.0. The molecule has 1 atom stereocenters. The van der Waals surface area contributed by atoms with Gasteiger partial charge in [-0.2, -0.15) is 0 Å². The van der Waals surface area contributed by atoms with Crippen molar-refractivity contribution in [2.24, 2.45) is 5.92 Å². The van der Waals surface area contributed by atoms with Gasteiger partial charge in [0, 0.05) is 59.6 Å². The molecule has 0 radical (unpaired) electrons. The zero-order valence-corrected chi connectivity index (χ0v) is 25.0. The average Bonchev–Trinajstić information content (AvgIpc) is 3.53. The summed E-state index contributed by atoms with van der Waals surface area (Å²) in [5.41, 5.74) is 5.80. The fourth-order valence-electron chi connectivity index (χ4n) is 5.80. The summed E-state index contributed by atoms with van der Waals surface area (Å²) in [5, 5.41) is 2.95. The summed E-state index contributed by atoms with van der Waals surface area (Å²) in [7, 11) is 4.28. The Kier molecular flexibility index (Phi) is 8.44. The van der Waals surface area contributed by atoms with Gasteiger partial charge in [0.05, 0.1) is 10.4 Å². The van der Waals surface area contributed by atoms with Crippen LogP contribution in [0.5, 0.6) is 11.5 Å². The minimum Gasteiger partial charge on any atom is -0.448 e. The first-order valence-electron chi connectivity index (χ1n) is 13.2. The van der Waals surface area contributed by atoms with Gasteiger partial charge in [0.2, 0.25) is 0 Å². The van der Waals surface area contributed by atoms with Gasteiger partial charge in [-0.3, -0.25) is 14.6 Å². The van der Waals surface area contributed by atoms with Gasteiger partial charge in [-0.15, -0.1) is 23.7 Å². The highest BCUT2D eigenvalue weighted by molar-refractivity contribution is 7.13. The van der Waals surface area contributed by atoms with Crippen LogP contribution in [0.2, 0.25) is 0 Å². The van der Waals surface area contributed by atoms with Crippen LogP contribution < -0.4 is 20.3 Å². The molecular weight excluding hydrogens is 536 g/mol. The van der Waals surface area contributed by atoms with Crippen LogP contribution in [0.25, 0.3) is 10.4 Å². The third-order valence-electron chi connectivity index (χ3n) is 8.12. The average molecular weight is 573 g/mol. The Morgan fingerprint density at radius 3 is 2.46 bits per heavy atom. The topological polar surface area (TPSA) is 96.5 Å². The number of hydrogen-bond acceptors (Lipinski definition) is 7. The molecule has 10 heteroatoms. The maximum Gasteiger partial charge on any atom is 0.253 e. The number of nitrogens with one attached hydrogen (secondary N) is 2. The number of aromatic amines is 1. The molecule has 3 heterocycles. The molecule has 210 valence electrons. The summed E-state index contributed by atoms with van der Waals surface area (Å²) in [5.74, 6) is 0.465. The highest BCUT2D eigenvalue weighted by atomic mass is 35.5. The number of aryl methyl sites for hydroxylation is 2. The molecule has 3 aromatic rings. The molecule has 5 rings (SSSR count). The van der Waals surface area contributed by atoms with Crippen LogP contribution in [0.1, 0.15) is 65.3 Å². The Bertz CT molecular complexity index is 1410. The number of aromatic nitrogens is 2. The van der Waals surface area contributed by atoms with E-state index in [4.69, 9.17) is 9.47 Å². The molecule has 1 aliphatic carbocycles. The molecule has 1 amide bonds. The Balaban J connectivity index is 0.00000353. The minimum atomic E-state index is -0.800. The first-order chi connectivity index (χ1) is 18.1. The van der Waals surface area contributed by atoms with Crippen molar-refractivity contribution in [1.29, 1.82) is 0 Å². The lowest BCUT2D eigenvalue weighted by atomic mass is 9.81. The van der Waals surface area contributed by atoms with Crippen LogP contribution >= 0.6 is 23.7 Å². The van der Waals surface area contributed by atoms with Gasteiger partial charge in [-0.25, -0.2) is 0 Å². The Hall–Kier alpha value is -2.88. The van der Waals surface area contributed by atoms with Crippen LogP contribution in [-0.2, 0) is 6.54 Å². The van der Waals surface area contributed by atoms with Crippen LogP contribution in [0.4, 0.5) is 0 Å². The van der Waals surface area contributed by atoms with E-state index in [9.17, 15) is 9.59 Å². The standard InChI is InChI=1S/C29H36N4O4S.ClH/c1-16-11-17(2)32-28(35)23(16)13-31-27(34)21-12-22(24-14-30-15-38-24)26-25(18(21)3)36-29(4,37-26)19-7-9-20(10-8-19)33(5)6;/h11-12,14-15,19-20H,7-10,13H2,1-6H3,(H,31,34)(H,32,35);1H/t19-,20-,29?;. The SMILES string of the molecule is Cc1cc(C)c(CNC(=O)c2cc(-c3cncs3)c3c(c2C)OC(C)([C@H]2CC[C@H](N(C)C)CC2)O3)c(=O)[nH]1.Cl. The molecule has 2 aromatic heterocycles. The summed E-state index contributed by atoms with van der Waals surface area (Å²) < 4.78 is 13.3. The van der Waals surface area contributed by atoms with E-state index in [1.165, 1.54) is 11.3 Å². The number of nitrogens with zero attached hydrogens (tertiary/aromatic N) is 2. The second-order valence-corrected chi connectivity index (χ2v) is 11.8. The van der Waals surface area contributed by atoms with Gasteiger partial charge in [0.25, 0.3) is 17.3 Å². The Morgan fingerprint density at radius 1 is 1.15 bits per heavy atom. The smallest absolute Gasteiger partial charge is 0.253 e. The number of rotatable bonds is 6. The summed E-state index contributed by atoms with van der Waals surface area (Å²) in [6.45, 7) is 7.78. The number of pyridine rings is 1. The summed E-state index contributed by atoms with van der Waals surface area (Å²) >= 11 is 1.49. The quantitative estimate of drug-likeness (QED) is 0.411. The van der Waals surface area contributed by atoms with Crippen LogP contribution in [-0.4, -0.2) is 46.7 Å². The summed E-state index contributed by atoms with van der Waals surface area (Å²) in [6.07, 6.45) is 6.01. The van der Waals surface area contributed by atoms with E-state index in [0.717, 1.165) is 52.9 Å². The van der Waals surface area contributed by atoms with Crippen LogP contribution in [0, 0.1) is 26.7 Å². The number of halogens is 1. The van der Waals surface area contributed by atoms with Gasteiger partial charge in [-0.05, 0) is 78.2 Å². The van der Waals surface area contributed by atoms with Gasteiger partial charge in [0.1, 0.15) is 0 Å². The molecule has 1 unspecified atom stereocenters. The zero-order valence-electron chi connectivity index (χ0n) is 23.3. The number of carbonyl (C=O) groups excluding carboxylic acids is 1. The fourth-order valence-corrected chi connectivity index (χ4v) is 6.44. The largest absolute Gasteiger partial charge is 0.448 e. The van der Waals surface area contributed by atoms with Crippen molar-refractivity contribution in [3.8, 4) is 21.9 Å². The maximum absolute atomic E-state index is 13.5. The zero-order chi connectivity index (χ0) is 27.2. The molecule has 0 bridgehead atoms. The number of carbonyl (C=O) groups is 1. The number of thiazole rings is 1. The summed E-state index contributed by atoms with van der Waals surface area (Å²) in [6, 6.07) is 4.35. The number of amides is 1. The Morgan fingerprint density at radius 2 is 1.85 bits per heavy atom. The number of fused-ring (bicyclic) bond motifs is 1. The van der Waals surface area contributed by atoms with E-state index in [1.54, 1.807) is 11.7 Å². The van der Waals surface area contributed by atoms with E-state index in [-0.39, 0.29) is 36.3 Å². The predicted molar refractivity (Wildman–Crippen MR) is 156 cm³/mol. The lowest BCUT2D eigenvalue weighted by Crippen LogP contribution is -2.46. The van der Waals surface area contributed by atoms with Crippen molar-refractivity contribution in [3.05, 3.63) is 62.1 Å². The fraction of sp³-hybridized carbons (Fsp3) is 0.483. The van der Waals surface area contributed by atoms with E-state index < -0.39 is 5.79 Å². The van der Waals surface area contributed by atoms with Crippen molar-refractivity contribution < 1.29 is 14.3 Å². The molecule has 1 aromatic carbocycles. The van der Waals surface area contributed by atoms with Gasteiger partial charge < -0.3 is 24.7 Å². The first-order valence-corrected chi connectivity index (χ1v) is 14.0. The highest BCUT2D eigenvalue weighted by Crippen LogP contribution is 2.53. The van der Waals surface area contributed by atoms with E-state index in [1.807, 2.05) is 39.8 Å². The molecule has 2 aliphatic rings. The molecule has 1 fully saturated rings. The summed E-state index contributed by atoms with van der Waals surface area (Å²) in [4.78, 5) is 36.2.